The van der Waals surface area contributed by atoms with E-state index in [-0.39, 0.29) is 6.10 Å². The van der Waals surface area contributed by atoms with Crippen molar-refractivity contribution in [3.8, 4) is 6.01 Å². The molecule has 13 heavy (non-hydrogen) atoms. The number of aryl methyl sites for hydroxylation is 1. The molecular formula is C9H12N2O2. The third-order valence-electron chi connectivity index (χ3n) is 1.46. The lowest BCUT2D eigenvalue weighted by Gasteiger charge is -2.07. The molecule has 0 atom stereocenters. The molecule has 0 radical (unpaired) electrons. The van der Waals surface area contributed by atoms with Crippen LogP contribution in [0.5, 0.6) is 6.01 Å². The van der Waals surface area contributed by atoms with Gasteiger partial charge in [0.2, 0.25) is 0 Å². The number of ether oxygens (including phenoxy) is 1. The Morgan fingerprint density at radius 3 is 2.69 bits per heavy atom. The molecule has 1 aromatic rings. The van der Waals surface area contributed by atoms with E-state index in [0.29, 0.717) is 17.3 Å². The van der Waals surface area contributed by atoms with Gasteiger partial charge in [-0.2, -0.15) is 4.98 Å². The number of nitrogens with zero attached hydrogens (tertiary/aromatic N) is 2. The highest BCUT2D eigenvalue weighted by Gasteiger charge is 2.04. The maximum atomic E-state index is 10.4. The normalized spacial score (nSPS) is 10.2. The van der Waals surface area contributed by atoms with Gasteiger partial charge in [-0.05, 0) is 20.8 Å². The zero-order valence-electron chi connectivity index (χ0n) is 7.94. The summed E-state index contributed by atoms with van der Waals surface area (Å²) in [5, 5.41) is 0. The molecule has 0 aliphatic carbocycles. The van der Waals surface area contributed by atoms with Crippen LogP contribution >= 0.6 is 0 Å². The second-order valence-electron chi connectivity index (χ2n) is 2.98. The van der Waals surface area contributed by atoms with Crippen LogP contribution in [-0.4, -0.2) is 22.4 Å². The maximum Gasteiger partial charge on any atom is 0.316 e. The van der Waals surface area contributed by atoms with Crippen LogP contribution in [-0.2, 0) is 0 Å². The van der Waals surface area contributed by atoms with Crippen molar-refractivity contribution in [3.63, 3.8) is 0 Å². The van der Waals surface area contributed by atoms with Crippen molar-refractivity contribution in [3.05, 3.63) is 17.5 Å². The Labute approximate surface area is 77.0 Å². The first-order valence-electron chi connectivity index (χ1n) is 4.09. The molecule has 0 aliphatic heterocycles. The van der Waals surface area contributed by atoms with Crippen LogP contribution in [0.1, 0.15) is 29.9 Å². The number of carbonyl (C=O) groups excluding carboxylic acids is 1. The van der Waals surface area contributed by atoms with E-state index in [1.807, 2.05) is 13.8 Å². The number of rotatable bonds is 3. The van der Waals surface area contributed by atoms with Gasteiger partial charge in [0.15, 0.2) is 6.29 Å². The van der Waals surface area contributed by atoms with Crippen molar-refractivity contribution in [1.29, 1.82) is 0 Å². The van der Waals surface area contributed by atoms with Gasteiger partial charge in [-0.3, -0.25) is 4.79 Å². The summed E-state index contributed by atoms with van der Waals surface area (Å²) in [7, 11) is 0. The Bertz CT molecular complexity index is 310. The molecule has 0 amide bonds. The minimum Gasteiger partial charge on any atom is -0.461 e. The number of hydrogen-bond donors (Lipinski definition) is 0. The van der Waals surface area contributed by atoms with Gasteiger partial charge >= 0.3 is 6.01 Å². The number of carbonyl (C=O) groups is 1. The summed E-state index contributed by atoms with van der Waals surface area (Å²) in [6.07, 6.45) is 2.24. The minimum atomic E-state index is 0.0430. The van der Waals surface area contributed by atoms with Gasteiger partial charge in [-0.15, -0.1) is 0 Å². The van der Waals surface area contributed by atoms with Crippen molar-refractivity contribution < 1.29 is 9.53 Å². The lowest BCUT2D eigenvalue weighted by atomic mass is 10.3. The average Bonchev–Trinajstić information content (AvgIpc) is 2.03. The molecule has 4 nitrogen and oxygen atoms in total. The fraction of sp³-hybridized carbons (Fsp3) is 0.444. The van der Waals surface area contributed by atoms with Gasteiger partial charge in [-0.25, -0.2) is 4.98 Å². The van der Waals surface area contributed by atoms with E-state index in [0.717, 1.165) is 6.29 Å². The van der Waals surface area contributed by atoms with Gasteiger partial charge in [0, 0.05) is 6.20 Å². The van der Waals surface area contributed by atoms with Gasteiger partial charge < -0.3 is 4.74 Å². The molecule has 0 bridgehead atoms. The SMILES string of the molecule is Cc1nc(OC(C)C)ncc1C=O. The van der Waals surface area contributed by atoms with Crippen molar-refractivity contribution in [1.82, 2.24) is 9.97 Å². The van der Waals surface area contributed by atoms with Crippen LogP contribution in [0, 0.1) is 6.92 Å². The topological polar surface area (TPSA) is 52.1 Å². The van der Waals surface area contributed by atoms with Crippen LogP contribution in [0.4, 0.5) is 0 Å². The Hall–Kier alpha value is -1.45. The molecule has 1 rings (SSSR count). The molecule has 70 valence electrons. The number of aldehydes is 1. The maximum absolute atomic E-state index is 10.4. The average molecular weight is 180 g/mol. The van der Waals surface area contributed by atoms with Gasteiger partial charge in [0.05, 0.1) is 17.4 Å². The second kappa shape index (κ2) is 3.98. The van der Waals surface area contributed by atoms with Crippen LogP contribution < -0.4 is 4.74 Å². The van der Waals surface area contributed by atoms with Gasteiger partial charge in [0.25, 0.3) is 0 Å². The van der Waals surface area contributed by atoms with Crippen LogP contribution in [0.15, 0.2) is 6.20 Å². The Morgan fingerprint density at radius 2 is 2.23 bits per heavy atom. The summed E-state index contributed by atoms with van der Waals surface area (Å²) in [6.45, 7) is 5.54. The van der Waals surface area contributed by atoms with Crippen LogP contribution in [0.25, 0.3) is 0 Å². The monoisotopic (exact) mass is 180 g/mol. The summed E-state index contributed by atoms with van der Waals surface area (Å²) in [4.78, 5) is 18.3. The standard InChI is InChI=1S/C9H12N2O2/c1-6(2)13-9-10-4-8(5-12)7(3)11-9/h4-6H,1-3H3. The molecule has 1 heterocycles. The minimum absolute atomic E-state index is 0.0430. The molecule has 0 fully saturated rings. The van der Waals surface area contributed by atoms with E-state index in [1.54, 1.807) is 6.92 Å². The fourth-order valence-electron chi connectivity index (χ4n) is 0.838. The molecule has 0 aromatic carbocycles. The Morgan fingerprint density at radius 1 is 1.54 bits per heavy atom. The smallest absolute Gasteiger partial charge is 0.316 e. The summed E-state index contributed by atoms with van der Waals surface area (Å²) in [5.41, 5.74) is 1.14. The molecule has 0 saturated heterocycles. The van der Waals surface area contributed by atoms with Crippen molar-refractivity contribution in [2.45, 2.75) is 26.9 Å². The van der Waals surface area contributed by atoms with Crippen LogP contribution in [0.2, 0.25) is 0 Å². The van der Waals surface area contributed by atoms with E-state index >= 15 is 0 Å². The zero-order valence-corrected chi connectivity index (χ0v) is 7.94. The first-order valence-corrected chi connectivity index (χ1v) is 4.09. The Balaban J connectivity index is 2.89. The molecule has 1 aromatic heterocycles. The molecule has 0 unspecified atom stereocenters. The molecule has 0 N–H and O–H groups in total. The van der Waals surface area contributed by atoms with E-state index in [4.69, 9.17) is 4.74 Å². The van der Waals surface area contributed by atoms with E-state index < -0.39 is 0 Å². The summed E-state index contributed by atoms with van der Waals surface area (Å²) < 4.78 is 5.26. The summed E-state index contributed by atoms with van der Waals surface area (Å²) >= 11 is 0. The quantitative estimate of drug-likeness (QED) is 0.659. The van der Waals surface area contributed by atoms with Crippen molar-refractivity contribution >= 4 is 6.29 Å². The van der Waals surface area contributed by atoms with E-state index in [2.05, 4.69) is 9.97 Å². The van der Waals surface area contributed by atoms with Crippen molar-refractivity contribution in [2.24, 2.45) is 0 Å². The Kier molecular flexibility index (Phi) is 2.95. The van der Waals surface area contributed by atoms with Gasteiger partial charge in [-0.1, -0.05) is 0 Å². The van der Waals surface area contributed by atoms with E-state index in [1.165, 1.54) is 6.20 Å². The summed E-state index contributed by atoms with van der Waals surface area (Å²) in [5.74, 6) is 0. The number of aromatic nitrogens is 2. The molecule has 0 spiro atoms. The molecule has 0 saturated carbocycles. The highest BCUT2D eigenvalue weighted by Crippen LogP contribution is 2.07. The van der Waals surface area contributed by atoms with Crippen molar-refractivity contribution in [2.75, 3.05) is 0 Å². The first kappa shape index (κ1) is 9.64. The second-order valence-corrected chi connectivity index (χ2v) is 2.98. The molecular weight excluding hydrogens is 168 g/mol. The third-order valence-corrected chi connectivity index (χ3v) is 1.46. The van der Waals surface area contributed by atoms with Crippen LogP contribution in [0.3, 0.4) is 0 Å². The fourth-order valence-corrected chi connectivity index (χ4v) is 0.838. The lowest BCUT2D eigenvalue weighted by Crippen LogP contribution is -2.09. The first-order chi connectivity index (χ1) is 6.13. The highest BCUT2D eigenvalue weighted by molar-refractivity contribution is 5.75. The third kappa shape index (κ3) is 2.50. The predicted molar refractivity (Wildman–Crippen MR) is 47.9 cm³/mol. The lowest BCUT2D eigenvalue weighted by molar-refractivity contribution is 0.112. The van der Waals surface area contributed by atoms with Gasteiger partial charge in [0.1, 0.15) is 0 Å². The van der Waals surface area contributed by atoms with E-state index in [9.17, 15) is 4.79 Å². The number of hydrogen-bond acceptors (Lipinski definition) is 4. The summed E-state index contributed by atoms with van der Waals surface area (Å²) in [6, 6.07) is 0.318. The largest absolute Gasteiger partial charge is 0.461 e. The zero-order chi connectivity index (χ0) is 9.84. The predicted octanol–water partition coefficient (Wildman–Crippen LogP) is 1.38. The highest BCUT2D eigenvalue weighted by atomic mass is 16.5. The molecule has 0 aliphatic rings. The molecule has 4 heteroatoms.